The van der Waals surface area contributed by atoms with Crippen LogP contribution >= 0.6 is 0 Å². The van der Waals surface area contributed by atoms with Crippen LogP contribution in [-0.2, 0) is 4.74 Å². The fourth-order valence-corrected chi connectivity index (χ4v) is 2.29. The van der Waals surface area contributed by atoms with Crippen molar-refractivity contribution >= 4 is 22.4 Å². The van der Waals surface area contributed by atoms with Gasteiger partial charge >= 0.3 is 0 Å². The predicted molar refractivity (Wildman–Crippen MR) is 84.6 cm³/mol. The van der Waals surface area contributed by atoms with Crippen molar-refractivity contribution in [1.29, 1.82) is 0 Å². The zero-order chi connectivity index (χ0) is 15.5. The normalized spacial score (nSPS) is 12.3. The van der Waals surface area contributed by atoms with E-state index in [1.807, 2.05) is 31.2 Å². The minimum Gasteiger partial charge on any atom is -0.377 e. The average Bonchev–Trinajstić information content (AvgIpc) is 2.55. The standard InChI is InChI=1S/C17H16FN3O/c1-11(22-2)12-5-3-6-13(9-12)21-17-14-7-4-8-15(18)16(14)19-10-20-17/h3-11H,1-2H3,(H,19,20,21). The first-order valence-corrected chi connectivity index (χ1v) is 6.98. The lowest BCUT2D eigenvalue weighted by molar-refractivity contribution is 0.119. The summed E-state index contributed by atoms with van der Waals surface area (Å²) in [6.07, 6.45) is 1.36. The molecule has 1 heterocycles. The van der Waals surface area contributed by atoms with Crippen LogP contribution in [-0.4, -0.2) is 17.1 Å². The molecule has 112 valence electrons. The number of benzene rings is 2. The molecule has 0 saturated heterocycles. The second-order valence-electron chi connectivity index (χ2n) is 4.99. The van der Waals surface area contributed by atoms with Crippen LogP contribution in [0.5, 0.6) is 0 Å². The number of halogens is 1. The van der Waals surface area contributed by atoms with Crippen molar-refractivity contribution in [2.75, 3.05) is 12.4 Å². The van der Waals surface area contributed by atoms with Crippen molar-refractivity contribution in [3.8, 4) is 0 Å². The van der Waals surface area contributed by atoms with Gasteiger partial charge in [-0.3, -0.25) is 0 Å². The molecule has 0 amide bonds. The number of ether oxygens (including phenoxy) is 1. The Morgan fingerprint density at radius 2 is 1.95 bits per heavy atom. The molecule has 2 aromatic carbocycles. The fourth-order valence-electron chi connectivity index (χ4n) is 2.29. The molecule has 0 bridgehead atoms. The molecular formula is C17H16FN3O. The van der Waals surface area contributed by atoms with E-state index in [2.05, 4.69) is 15.3 Å². The molecule has 0 fully saturated rings. The summed E-state index contributed by atoms with van der Waals surface area (Å²) >= 11 is 0. The smallest absolute Gasteiger partial charge is 0.149 e. The average molecular weight is 297 g/mol. The Morgan fingerprint density at radius 3 is 2.77 bits per heavy atom. The highest BCUT2D eigenvalue weighted by Gasteiger charge is 2.09. The maximum atomic E-state index is 13.8. The number of fused-ring (bicyclic) bond motifs is 1. The Hall–Kier alpha value is -2.53. The van der Waals surface area contributed by atoms with Crippen LogP contribution in [0.3, 0.4) is 0 Å². The molecule has 4 nitrogen and oxygen atoms in total. The topological polar surface area (TPSA) is 47.0 Å². The number of hydrogen-bond acceptors (Lipinski definition) is 4. The van der Waals surface area contributed by atoms with Gasteiger partial charge in [-0.1, -0.05) is 18.2 Å². The Kier molecular flexibility index (Phi) is 3.98. The molecule has 0 spiro atoms. The van der Waals surface area contributed by atoms with Crippen molar-refractivity contribution in [1.82, 2.24) is 9.97 Å². The Bertz CT molecular complexity index is 807. The number of nitrogens with one attached hydrogen (secondary N) is 1. The number of nitrogens with zero attached hydrogens (tertiary/aromatic N) is 2. The van der Waals surface area contributed by atoms with Crippen LogP contribution in [0.4, 0.5) is 15.9 Å². The van der Waals surface area contributed by atoms with Gasteiger partial charge in [0.05, 0.1) is 6.10 Å². The van der Waals surface area contributed by atoms with Gasteiger partial charge in [-0.05, 0) is 36.8 Å². The first-order valence-electron chi connectivity index (χ1n) is 6.98. The lowest BCUT2D eigenvalue weighted by atomic mass is 10.1. The Labute approximate surface area is 128 Å². The van der Waals surface area contributed by atoms with E-state index in [9.17, 15) is 4.39 Å². The van der Waals surface area contributed by atoms with Gasteiger partial charge in [0.2, 0.25) is 0 Å². The van der Waals surface area contributed by atoms with E-state index < -0.39 is 0 Å². The lowest BCUT2D eigenvalue weighted by Gasteiger charge is -2.13. The molecule has 22 heavy (non-hydrogen) atoms. The van der Waals surface area contributed by atoms with Crippen LogP contribution in [0.25, 0.3) is 10.9 Å². The van der Waals surface area contributed by atoms with E-state index >= 15 is 0 Å². The number of aromatic nitrogens is 2. The predicted octanol–water partition coefficient (Wildman–Crippen LogP) is 4.22. The second kappa shape index (κ2) is 6.07. The van der Waals surface area contributed by atoms with E-state index in [1.165, 1.54) is 12.4 Å². The third kappa shape index (κ3) is 2.76. The monoisotopic (exact) mass is 297 g/mol. The maximum Gasteiger partial charge on any atom is 0.149 e. The van der Waals surface area contributed by atoms with Crippen molar-refractivity contribution in [2.24, 2.45) is 0 Å². The van der Waals surface area contributed by atoms with Crippen LogP contribution in [0.15, 0.2) is 48.8 Å². The maximum absolute atomic E-state index is 13.8. The molecule has 1 unspecified atom stereocenters. The summed E-state index contributed by atoms with van der Waals surface area (Å²) in [5, 5.41) is 3.87. The fraction of sp³-hybridized carbons (Fsp3) is 0.176. The van der Waals surface area contributed by atoms with E-state index in [4.69, 9.17) is 4.74 Å². The first kappa shape index (κ1) is 14.4. The minimum absolute atomic E-state index is 0.00124. The molecule has 3 aromatic rings. The van der Waals surface area contributed by atoms with Gasteiger partial charge < -0.3 is 10.1 Å². The molecule has 0 saturated carbocycles. The van der Waals surface area contributed by atoms with Gasteiger partial charge in [0.25, 0.3) is 0 Å². The zero-order valence-electron chi connectivity index (χ0n) is 12.4. The summed E-state index contributed by atoms with van der Waals surface area (Å²) in [5.41, 5.74) is 2.23. The third-order valence-corrected chi connectivity index (χ3v) is 3.59. The van der Waals surface area contributed by atoms with Crippen molar-refractivity contribution in [3.63, 3.8) is 0 Å². The number of anilines is 2. The van der Waals surface area contributed by atoms with Crippen molar-refractivity contribution in [2.45, 2.75) is 13.0 Å². The van der Waals surface area contributed by atoms with Gasteiger partial charge in [0.1, 0.15) is 23.5 Å². The van der Waals surface area contributed by atoms with Gasteiger partial charge in [0, 0.05) is 18.2 Å². The molecule has 0 aliphatic heterocycles. The first-order chi connectivity index (χ1) is 10.7. The number of rotatable bonds is 4. The Balaban J connectivity index is 1.99. The van der Waals surface area contributed by atoms with Gasteiger partial charge in [-0.2, -0.15) is 0 Å². The Morgan fingerprint density at radius 1 is 1.14 bits per heavy atom. The molecular weight excluding hydrogens is 281 g/mol. The van der Waals surface area contributed by atoms with Gasteiger partial charge in [0.15, 0.2) is 0 Å². The molecule has 0 aliphatic rings. The van der Waals surface area contributed by atoms with Crippen LogP contribution in [0.2, 0.25) is 0 Å². The van der Waals surface area contributed by atoms with E-state index in [1.54, 1.807) is 19.2 Å². The highest BCUT2D eigenvalue weighted by Crippen LogP contribution is 2.26. The van der Waals surface area contributed by atoms with Gasteiger partial charge in [-0.15, -0.1) is 0 Å². The highest BCUT2D eigenvalue weighted by molar-refractivity contribution is 5.90. The summed E-state index contributed by atoms with van der Waals surface area (Å²) in [6.45, 7) is 1.98. The molecule has 1 atom stereocenters. The van der Waals surface area contributed by atoms with Crippen molar-refractivity contribution in [3.05, 3.63) is 60.2 Å². The number of hydrogen-bond donors (Lipinski definition) is 1. The number of para-hydroxylation sites is 1. The molecule has 1 N–H and O–H groups in total. The molecule has 5 heteroatoms. The molecule has 0 aliphatic carbocycles. The zero-order valence-corrected chi connectivity index (χ0v) is 12.4. The summed E-state index contributed by atoms with van der Waals surface area (Å²) < 4.78 is 19.1. The summed E-state index contributed by atoms with van der Waals surface area (Å²) in [6, 6.07) is 12.7. The second-order valence-corrected chi connectivity index (χ2v) is 4.99. The summed E-state index contributed by atoms with van der Waals surface area (Å²) in [7, 11) is 1.67. The van der Waals surface area contributed by atoms with Crippen LogP contribution in [0, 0.1) is 5.82 Å². The number of methoxy groups -OCH3 is 1. The van der Waals surface area contributed by atoms with Crippen molar-refractivity contribution < 1.29 is 9.13 Å². The lowest BCUT2D eigenvalue weighted by Crippen LogP contribution is -1.99. The van der Waals surface area contributed by atoms with E-state index in [0.717, 1.165) is 11.3 Å². The van der Waals surface area contributed by atoms with Crippen LogP contribution in [0.1, 0.15) is 18.6 Å². The summed E-state index contributed by atoms with van der Waals surface area (Å²) in [5.74, 6) is 0.219. The van der Waals surface area contributed by atoms with Gasteiger partial charge in [-0.25, -0.2) is 14.4 Å². The van der Waals surface area contributed by atoms with E-state index in [0.29, 0.717) is 16.7 Å². The third-order valence-electron chi connectivity index (χ3n) is 3.59. The quantitative estimate of drug-likeness (QED) is 0.783. The molecule has 1 aromatic heterocycles. The summed E-state index contributed by atoms with van der Waals surface area (Å²) in [4.78, 5) is 8.21. The van der Waals surface area contributed by atoms with Crippen LogP contribution < -0.4 is 5.32 Å². The SMILES string of the molecule is COC(C)c1cccc(Nc2ncnc3c(F)cccc23)c1. The minimum atomic E-state index is -0.357. The molecule has 3 rings (SSSR count). The largest absolute Gasteiger partial charge is 0.377 e. The highest BCUT2D eigenvalue weighted by atomic mass is 19.1. The van der Waals surface area contributed by atoms with E-state index in [-0.39, 0.29) is 11.9 Å². The molecule has 0 radical (unpaired) electrons.